The third-order valence-corrected chi connectivity index (χ3v) is 4.73. The fourth-order valence-corrected chi connectivity index (χ4v) is 3.38. The summed E-state index contributed by atoms with van der Waals surface area (Å²) in [6.07, 6.45) is 4.96. The SMILES string of the molecule is CCN=C(/C=C(/C)N)C(=O)NC(CCCN)C(=O)NC1CCCC1/C(=N/N)NN. The normalized spacial score (nSPS) is 21.6. The van der Waals surface area contributed by atoms with E-state index in [2.05, 4.69) is 26.2 Å². The number of rotatable bonds is 10. The molecular weight excluding hydrogens is 374 g/mol. The number of allylic oxidation sites excluding steroid dienone is 1. The van der Waals surface area contributed by atoms with Crippen molar-refractivity contribution in [3.05, 3.63) is 11.8 Å². The van der Waals surface area contributed by atoms with Gasteiger partial charge in [0.25, 0.3) is 5.91 Å². The zero-order valence-corrected chi connectivity index (χ0v) is 17.3. The monoisotopic (exact) mass is 409 g/mol. The molecule has 0 saturated heterocycles. The number of carbonyl (C=O) groups excluding carboxylic acids is 2. The molecule has 3 unspecified atom stereocenters. The summed E-state index contributed by atoms with van der Waals surface area (Å²) in [5.41, 5.74) is 14.4. The highest BCUT2D eigenvalue weighted by molar-refractivity contribution is 6.43. The first-order valence-corrected chi connectivity index (χ1v) is 9.91. The maximum absolute atomic E-state index is 12.9. The van der Waals surface area contributed by atoms with Crippen LogP contribution < -0.4 is 39.2 Å². The highest BCUT2D eigenvalue weighted by Gasteiger charge is 2.34. The topological polar surface area (TPSA) is 199 Å². The smallest absolute Gasteiger partial charge is 0.270 e. The predicted molar refractivity (Wildman–Crippen MR) is 114 cm³/mol. The Morgan fingerprint density at radius 3 is 2.59 bits per heavy atom. The van der Waals surface area contributed by atoms with Crippen molar-refractivity contribution in [2.75, 3.05) is 13.1 Å². The summed E-state index contributed by atoms with van der Waals surface area (Å²) < 4.78 is 0. The minimum Gasteiger partial charge on any atom is -0.402 e. The Labute approximate surface area is 171 Å². The molecule has 0 heterocycles. The molecule has 2 amide bonds. The summed E-state index contributed by atoms with van der Waals surface area (Å²) in [7, 11) is 0. The quantitative estimate of drug-likeness (QED) is 0.0990. The van der Waals surface area contributed by atoms with E-state index in [-0.39, 0.29) is 23.6 Å². The Bertz CT molecular complexity index is 641. The van der Waals surface area contributed by atoms with Gasteiger partial charge in [0, 0.05) is 24.2 Å². The summed E-state index contributed by atoms with van der Waals surface area (Å²) in [5, 5.41) is 9.42. The van der Waals surface area contributed by atoms with Gasteiger partial charge in [0.15, 0.2) is 0 Å². The van der Waals surface area contributed by atoms with Crippen molar-refractivity contribution in [2.45, 2.75) is 58.0 Å². The van der Waals surface area contributed by atoms with Crippen molar-refractivity contribution < 1.29 is 9.59 Å². The molecule has 164 valence electrons. The van der Waals surface area contributed by atoms with Crippen molar-refractivity contribution in [3.8, 4) is 0 Å². The zero-order chi connectivity index (χ0) is 21.8. The molecule has 1 aliphatic rings. The number of carbonyl (C=O) groups is 2. The van der Waals surface area contributed by atoms with Gasteiger partial charge >= 0.3 is 0 Å². The van der Waals surface area contributed by atoms with E-state index in [1.807, 2.05) is 6.92 Å². The van der Waals surface area contributed by atoms with E-state index in [4.69, 9.17) is 23.2 Å². The third kappa shape index (κ3) is 7.70. The van der Waals surface area contributed by atoms with Crippen molar-refractivity contribution in [1.29, 1.82) is 0 Å². The lowest BCUT2D eigenvalue weighted by Gasteiger charge is -2.25. The van der Waals surface area contributed by atoms with Crippen LogP contribution in [0, 0.1) is 5.92 Å². The summed E-state index contributed by atoms with van der Waals surface area (Å²) in [6, 6.07) is -0.918. The number of hydrazone groups is 1. The van der Waals surface area contributed by atoms with Crippen LogP contribution in [-0.2, 0) is 9.59 Å². The fraction of sp³-hybridized carbons (Fsp3) is 0.667. The second-order valence-corrected chi connectivity index (χ2v) is 7.02. The van der Waals surface area contributed by atoms with Crippen molar-refractivity contribution >= 4 is 23.4 Å². The van der Waals surface area contributed by atoms with Gasteiger partial charge in [-0.3, -0.25) is 14.6 Å². The van der Waals surface area contributed by atoms with Gasteiger partial charge in [0.1, 0.15) is 17.6 Å². The van der Waals surface area contributed by atoms with E-state index < -0.39 is 11.9 Å². The Morgan fingerprint density at radius 1 is 1.31 bits per heavy atom. The Morgan fingerprint density at radius 2 is 2.03 bits per heavy atom. The minimum atomic E-state index is -0.745. The number of nitrogens with one attached hydrogen (secondary N) is 3. The molecule has 29 heavy (non-hydrogen) atoms. The molecule has 0 spiro atoms. The Balaban J connectivity index is 2.91. The van der Waals surface area contributed by atoms with E-state index in [0.717, 1.165) is 19.3 Å². The molecule has 0 bridgehead atoms. The van der Waals surface area contributed by atoms with Crippen LogP contribution in [0.15, 0.2) is 21.9 Å². The maximum Gasteiger partial charge on any atom is 0.270 e. The van der Waals surface area contributed by atoms with Gasteiger partial charge in [-0.15, -0.1) is 0 Å². The molecule has 1 fully saturated rings. The molecule has 11 nitrogen and oxygen atoms in total. The number of hydrogen-bond donors (Lipinski definition) is 7. The first-order valence-electron chi connectivity index (χ1n) is 9.91. The number of amidine groups is 1. The van der Waals surface area contributed by atoms with Crippen LogP contribution in [0.1, 0.15) is 46.0 Å². The summed E-state index contributed by atoms with van der Waals surface area (Å²) >= 11 is 0. The summed E-state index contributed by atoms with van der Waals surface area (Å²) in [6.45, 7) is 4.31. The van der Waals surface area contributed by atoms with Crippen LogP contribution in [0.2, 0.25) is 0 Å². The highest BCUT2D eigenvalue weighted by Crippen LogP contribution is 2.26. The number of nitrogens with zero attached hydrogens (tertiary/aromatic N) is 2. The first-order chi connectivity index (χ1) is 13.9. The molecule has 0 aromatic rings. The van der Waals surface area contributed by atoms with Crippen LogP contribution in [0.25, 0.3) is 0 Å². The number of nitrogens with two attached hydrogens (primary N) is 4. The number of hydrazine groups is 1. The largest absolute Gasteiger partial charge is 0.402 e. The van der Waals surface area contributed by atoms with E-state index in [1.165, 1.54) is 6.08 Å². The third-order valence-electron chi connectivity index (χ3n) is 4.73. The van der Waals surface area contributed by atoms with Gasteiger partial charge in [-0.05, 0) is 52.2 Å². The Kier molecular flexibility index (Phi) is 10.7. The van der Waals surface area contributed by atoms with Crippen molar-refractivity contribution in [3.63, 3.8) is 0 Å². The lowest BCUT2D eigenvalue weighted by atomic mass is 10.0. The molecule has 0 aromatic carbocycles. The maximum atomic E-state index is 12.9. The van der Waals surface area contributed by atoms with Crippen molar-refractivity contribution in [2.24, 2.45) is 39.2 Å². The molecule has 11 heteroatoms. The van der Waals surface area contributed by atoms with Crippen LogP contribution in [0.4, 0.5) is 0 Å². The standard InChI is InChI=1S/C18H35N9O2/c1-3-23-15(10-11(2)20)18(29)25-14(8-5-9-19)17(28)24-13-7-4-6-12(13)16(26-21)27-22/h10,12-14H,3-9,19-22H2,1-2H3,(H,24,28)(H,25,29)(H,26,27)/b11-10-,23-15?. The lowest BCUT2D eigenvalue weighted by Crippen LogP contribution is -2.53. The molecular formula is C18H35N9O2. The molecule has 11 N–H and O–H groups in total. The van der Waals surface area contributed by atoms with Gasteiger partial charge in [-0.1, -0.05) is 6.42 Å². The molecule has 0 aliphatic heterocycles. The van der Waals surface area contributed by atoms with Gasteiger partial charge in [-0.25, -0.2) is 5.84 Å². The van der Waals surface area contributed by atoms with Crippen LogP contribution in [0.5, 0.6) is 0 Å². The number of amides is 2. The highest BCUT2D eigenvalue weighted by atomic mass is 16.2. The van der Waals surface area contributed by atoms with Gasteiger partial charge in [0.2, 0.25) is 5.91 Å². The fourth-order valence-electron chi connectivity index (χ4n) is 3.38. The molecule has 1 saturated carbocycles. The number of aliphatic imine (C=N–C) groups is 1. The van der Waals surface area contributed by atoms with E-state index in [9.17, 15) is 9.59 Å². The van der Waals surface area contributed by atoms with Crippen molar-refractivity contribution in [1.82, 2.24) is 16.1 Å². The zero-order valence-electron chi connectivity index (χ0n) is 17.3. The molecule has 0 radical (unpaired) electrons. The van der Waals surface area contributed by atoms with E-state index in [1.54, 1.807) is 6.92 Å². The average molecular weight is 410 g/mol. The lowest BCUT2D eigenvalue weighted by molar-refractivity contribution is -0.127. The summed E-state index contributed by atoms with van der Waals surface area (Å²) in [4.78, 5) is 29.7. The summed E-state index contributed by atoms with van der Waals surface area (Å²) in [5.74, 6) is 10.5. The average Bonchev–Trinajstić information content (AvgIpc) is 3.13. The van der Waals surface area contributed by atoms with Gasteiger partial charge in [0.05, 0.1) is 0 Å². The van der Waals surface area contributed by atoms with E-state index in [0.29, 0.717) is 37.5 Å². The number of hydrogen-bond acceptors (Lipinski definition) is 8. The van der Waals surface area contributed by atoms with Gasteiger partial charge in [-0.2, -0.15) is 5.10 Å². The van der Waals surface area contributed by atoms with Gasteiger partial charge < -0.3 is 33.4 Å². The van der Waals surface area contributed by atoms with E-state index >= 15 is 0 Å². The second kappa shape index (κ2) is 12.7. The van der Waals surface area contributed by atoms with Crippen LogP contribution in [0.3, 0.4) is 0 Å². The molecule has 0 aromatic heterocycles. The van der Waals surface area contributed by atoms with Crippen LogP contribution in [-0.4, -0.2) is 48.5 Å². The molecule has 1 aliphatic carbocycles. The Hall–Kier alpha value is -2.66. The molecule has 3 atom stereocenters. The molecule has 1 rings (SSSR count). The minimum absolute atomic E-state index is 0.0974. The van der Waals surface area contributed by atoms with Crippen LogP contribution >= 0.6 is 0 Å². The first kappa shape index (κ1) is 24.4. The second-order valence-electron chi connectivity index (χ2n) is 7.02. The predicted octanol–water partition coefficient (Wildman–Crippen LogP) is -1.45.